The zero-order chi connectivity index (χ0) is 18.2. The Bertz CT molecular complexity index is 851. The normalized spacial score (nSPS) is 19.0. The van der Waals surface area contributed by atoms with Gasteiger partial charge in [0.1, 0.15) is 5.75 Å². The SMILES string of the molecule is CCN1C(=O)C(O)(CC(=O)c2cccc(OC)c2)c2cc(Br)ccc21. The number of hydrogen-bond acceptors (Lipinski definition) is 4. The number of aliphatic hydroxyl groups is 1. The second kappa shape index (κ2) is 6.61. The van der Waals surface area contributed by atoms with Crippen LogP contribution in [0.15, 0.2) is 46.9 Å². The molecule has 0 saturated carbocycles. The van der Waals surface area contributed by atoms with Gasteiger partial charge in [-0.05, 0) is 37.3 Å². The molecule has 0 aliphatic carbocycles. The Morgan fingerprint density at radius 2 is 2.04 bits per heavy atom. The lowest BCUT2D eigenvalue weighted by atomic mass is 9.88. The largest absolute Gasteiger partial charge is 0.497 e. The van der Waals surface area contributed by atoms with E-state index < -0.39 is 11.5 Å². The number of halogens is 1. The number of carbonyl (C=O) groups is 2. The molecule has 2 aromatic rings. The standard InChI is InChI=1S/C19H18BrNO4/c1-3-21-16-8-7-13(20)10-15(16)19(24,18(21)23)11-17(22)12-5-4-6-14(9-12)25-2/h4-10,24H,3,11H2,1-2H3. The molecule has 0 spiro atoms. The smallest absolute Gasteiger partial charge is 0.264 e. The fourth-order valence-electron chi connectivity index (χ4n) is 3.14. The number of nitrogens with zero attached hydrogens (tertiary/aromatic N) is 1. The zero-order valence-corrected chi connectivity index (χ0v) is 15.5. The van der Waals surface area contributed by atoms with Crippen molar-refractivity contribution < 1.29 is 19.4 Å². The molecule has 1 aliphatic heterocycles. The highest BCUT2D eigenvalue weighted by Gasteiger charge is 2.50. The number of likely N-dealkylation sites (N-methyl/N-ethyl adjacent to an activating group) is 1. The highest BCUT2D eigenvalue weighted by molar-refractivity contribution is 9.10. The fraction of sp³-hybridized carbons (Fsp3) is 0.263. The predicted molar refractivity (Wildman–Crippen MR) is 98.0 cm³/mol. The van der Waals surface area contributed by atoms with E-state index >= 15 is 0 Å². The van der Waals surface area contributed by atoms with Crippen LogP contribution in [0.3, 0.4) is 0 Å². The number of methoxy groups -OCH3 is 1. The van der Waals surface area contributed by atoms with Crippen molar-refractivity contribution in [3.63, 3.8) is 0 Å². The number of Topliss-reactive ketones (excluding diaryl/α,β-unsaturated/α-hetero) is 1. The van der Waals surface area contributed by atoms with Crippen LogP contribution >= 0.6 is 15.9 Å². The number of amides is 1. The molecule has 25 heavy (non-hydrogen) atoms. The maximum atomic E-state index is 12.8. The van der Waals surface area contributed by atoms with Gasteiger partial charge in [0, 0.05) is 22.1 Å². The van der Waals surface area contributed by atoms with Crippen molar-refractivity contribution in [2.24, 2.45) is 0 Å². The third-order valence-corrected chi connectivity index (χ3v) is 4.91. The van der Waals surface area contributed by atoms with Gasteiger partial charge in [-0.2, -0.15) is 0 Å². The number of fused-ring (bicyclic) bond motifs is 1. The van der Waals surface area contributed by atoms with E-state index in [2.05, 4.69) is 15.9 Å². The van der Waals surface area contributed by atoms with Crippen LogP contribution in [0.25, 0.3) is 0 Å². The van der Waals surface area contributed by atoms with Crippen LogP contribution < -0.4 is 9.64 Å². The molecule has 0 fully saturated rings. The fourth-order valence-corrected chi connectivity index (χ4v) is 3.50. The van der Waals surface area contributed by atoms with Crippen LogP contribution in [0.1, 0.15) is 29.3 Å². The lowest BCUT2D eigenvalue weighted by molar-refractivity contribution is -0.135. The summed E-state index contributed by atoms with van der Waals surface area (Å²) in [5, 5.41) is 11.1. The van der Waals surface area contributed by atoms with Crippen LogP contribution in [-0.2, 0) is 10.4 Å². The highest BCUT2D eigenvalue weighted by Crippen LogP contribution is 2.44. The van der Waals surface area contributed by atoms with Crippen molar-refractivity contribution >= 4 is 33.3 Å². The average molecular weight is 404 g/mol. The van der Waals surface area contributed by atoms with Crippen LogP contribution in [0, 0.1) is 0 Å². The lowest BCUT2D eigenvalue weighted by Crippen LogP contribution is -2.41. The van der Waals surface area contributed by atoms with Gasteiger partial charge in [0.15, 0.2) is 11.4 Å². The van der Waals surface area contributed by atoms with E-state index in [1.54, 1.807) is 36.4 Å². The molecule has 0 bridgehead atoms. The molecule has 1 N–H and O–H groups in total. The summed E-state index contributed by atoms with van der Waals surface area (Å²) in [6, 6.07) is 12.0. The second-order valence-corrected chi connectivity index (χ2v) is 6.82. The summed E-state index contributed by atoms with van der Waals surface area (Å²) >= 11 is 3.37. The van der Waals surface area contributed by atoms with Gasteiger partial charge in [0.2, 0.25) is 0 Å². The summed E-state index contributed by atoms with van der Waals surface area (Å²) in [4.78, 5) is 27.0. The summed E-state index contributed by atoms with van der Waals surface area (Å²) in [5.74, 6) is -0.244. The topological polar surface area (TPSA) is 66.8 Å². The Balaban J connectivity index is 1.99. The van der Waals surface area contributed by atoms with E-state index in [0.717, 1.165) is 4.47 Å². The van der Waals surface area contributed by atoms with Crippen LogP contribution in [0.5, 0.6) is 5.75 Å². The number of carbonyl (C=O) groups excluding carboxylic acids is 2. The number of ketones is 1. The molecule has 3 rings (SSSR count). The Kier molecular flexibility index (Phi) is 4.67. The zero-order valence-electron chi connectivity index (χ0n) is 14.0. The van der Waals surface area contributed by atoms with Crippen LogP contribution in [-0.4, -0.2) is 30.5 Å². The van der Waals surface area contributed by atoms with Gasteiger partial charge >= 0.3 is 0 Å². The monoisotopic (exact) mass is 403 g/mol. The predicted octanol–water partition coefficient (Wildman–Crippen LogP) is 3.28. The van der Waals surface area contributed by atoms with Crippen molar-refractivity contribution in [2.75, 3.05) is 18.6 Å². The summed E-state index contributed by atoms with van der Waals surface area (Å²) in [6.07, 6.45) is -0.320. The Labute approximate surface area is 154 Å². The molecule has 1 atom stereocenters. The van der Waals surface area contributed by atoms with E-state index in [0.29, 0.717) is 29.1 Å². The van der Waals surface area contributed by atoms with Gasteiger partial charge in [-0.15, -0.1) is 0 Å². The third kappa shape index (κ3) is 2.96. The Hall–Kier alpha value is -2.18. The van der Waals surface area contributed by atoms with Gasteiger partial charge in [-0.3, -0.25) is 9.59 Å². The first-order valence-corrected chi connectivity index (χ1v) is 8.71. The molecule has 0 aromatic heterocycles. The lowest BCUT2D eigenvalue weighted by Gasteiger charge is -2.22. The van der Waals surface area contributed by atoms with E-state index in [1.165, 1.54) is 12.0 Å². The van der Waals surface area contributed by atoms with Crippen molar-refractivity contribution in [2.45, 2.75) is 18.9 Å². The number of hydrogen-bond donors (Lipinski definition) is 1. The minimum absolute atomic E-state index is 0.320. The molecule has 6 heteroatoms. The van der Waals surface area contributed by atoms with E-state index in [9.17, 15) is 14.7 Å². The summed E-state index contributed by atoms with van der Waals surface area (Å²) in [5.41, 5.74) is -0.386. The molecular formula is C19H18BrNO4. The number of ether oxygens (including phenoxy) is 1. The first kappa shape index (κ1) is 17.6. The van der Waals surface area contributed by atoms with Crippen molar-refractivity contribution in [3.05, 3.63) is 58.1 Å². The van der Waals surface area contributed by atoms with E-state index in [4.69, 9.17) is 4.74 Å². The minimum atomic E-state index is -1.87. The molecule has 2 aromatic carbocycles. The third-order valence-electron chi connectivity index (χ3n) is 4.42. The van der Waals surface area contributed by atoms with Gasteiger partial charge in [0.05, 0.1) is 19.2 Å². The second-order valence-electron chi connectivity index (χ2n) is 5.90. The van der Waals surface area contributed by atoms with Crippen molar-refractivity contribution in [3.8, 4) is 5.75 Å². The molecule has 1 aliphatic rings. The number of benzene rings is 2. The van der Waals surface area contributed by atoms with Crippen molar-refractivity contribution in [1.82, 2.24) is 0 Å². The number of rotatable bonds is 5. The van der Waals surface area contributed by atoms with Crippen molar-refractivity contribution in [1.29, 1.82) is 0 Å². The quantitative estimate of drug-likeness (QED) is 0.777. The summed E-state index contributed by atoms with van der Waals surface area (Å²) in [7, 11) is 1.52. The van der Waals surface area contributed by atoms with Gasteiger partial charge in [-0.25, -0.2) is 0 Å². The molecule has 0 saturated heterocycles. The van der Waals surface area contributed by atoms with E-state index in [1.807, 2.05) is 13.0 Å². The minimum Gasteiger partial charge on any atom is -0.497 e. The molecule has 130 valence electrons. The van der Waals surface area contributed by atoms with Gasteiger partial charge in [0.25, 0.3) is 5.91 Å². The molecule has 1 amide bonds. The van der Waals surface area contributed by atoms with Crippen LogP contribution in [0.4, 0.5) is 5.69 Å². The maximum absolute atomic E-state index is 12.8. The molecule has 1 unspecified atom stereocenters. The molecule has 5 nitrogen and oxygen atoms in total. The Morgan fingerprint density at radius 1 is 1.28 bits per heavy atom. The Morgan fingerprint density at radius 3 is 2.72 bits per heavy atom. The van der Waals surface area contributed by atoms with Gasteiger partial charge < -0.3 is 14.7 Å². The molecule has 1 heterocycles. The number of anilines is 1. The highest BCUT2D eigenvalue weighted by atomic mass is 79.9. The van der Waals surface area contributed by atoms with Crippen LogP contribution in [0.2, 0.25) is 0 Å². The molecule has 0 radical (unpaired) electrons. The molecular weight excluding hydrogens is 386 g/mol. The first-order valence-electron chi connectivity index (χ1n) is 7.92. The maximum Gasteiger partial charge on any atom is 0.264 e. The first-order chi connectivity index (χ1) is 11.9. The summed E-state index contributed by atoms with van der Waals surface area (Å²) < 4.78 is 5.87. The van der Waals surface area contributed by atoms with Gasteiger partial charge in [-0.1, -0.05) is 28.1 Å². The van der Waals surface area contributed by atoms with E-state index in [-0.39, 0.29) is 12.2 Å². The summed E-state index contributed by atoms with van der Waals surface area (Å²) in [6.45, 7) is 2.25. The average Bonchev–Trinajstić information content (AvgIpc) is 2.82.